The maximum atomic E-state index is 12.4. The summed E-state index contributed by atoms with van der Waals surface area (Å²) < 4.78 is 0.789. The summed E-state index contributed by atoms with van der Waals surface area (Å²) in [6.45, 7) is 0. The van der Waals surface area contributed by atoms with Crippen molar-refractivity contribution < 1.29 is 4.79 Å². The van der Waals surface area contributed by atoms with Gasteiger partial charge in [-0.05, 0) is 54.5 Å². The topological polar surface area (TPSA) is 42.0 Å². The summed E-state index contributed by atoms with van der Waals surface area (Å²) in [7, 11) is 0. The minimum Gasteiger partial charge on any atom is -0.322 e. The lowest BCUT2D eigenvalue weighted by atomic mass is 10.1. The molecule has 0 aliphatic rings. The first-order valence-corrected chi connectivity index (χ1v) is 8.58. The molecule has 0 saturated heterocycles. The highest BCUT2D eigenvalue weighted by molar-refractivity contribution is 9.10. The molecular formula is C20H12BrClN2O. The predicted octanol–water partition coefficient (Wildman–Crippen LogP) is 5.15. The molecule has 0 radical (unpaired) electrons. The molecule has 2 aromatic carbocycles. The number of rotatable bonds is 2. The summed E-state index contributed by atoms with van der Waals surface area (Å²) in [4.78, 5) is 16.6. The van der Waals surface area contributed by atoms with E-state index >= 15 is 0 Å². The average molecular weight is 412 g/mol. The van der Waals surface area contributed by atoms with Crippen molar-refractivity contribution in [3.05, 3.63) is 93.2 Å². The highest BCUT2D eigenvalue weighted by atomic mass is 79.9. The summed E-state index contributed by atoms with van der Waals surface area (Å²) in [5, 5.41) is 3.23. The molecule has 3 nitrogen and oxygen atoms in total. The van der Waals surface area contributed by atoms with Crippen LogP contribution in [0.4, 0.5) is 5.69 Å². The molecule has 5 heteroatoms. The van der Waals surface area contributed by atoms with Crippen molar-refractivity contribution in [2.24, 2.45) is 0 Å². The fourth-order valence-corrected chi connectivity index (χ4v) is 2.68. The number of halogens is 2. The van der Waals surface area contributed by atoms with Crippen molar-refractivity contribution in [3.8, 4) is 11.8 Å². The number of aromatic nitrogens is 1. The van der Waals surface area contributed by atoms with Crippen LogP contribution in [0.5, 0.6) is 0 Å². The first-order valence-electron chi connectivity index (χ1n) is 7.41. The summed E-state index contributed by atoms with van der Waals surface area (Å²) >= 11 is 9.44. The summed E-state index contributed by atoms with van der Waals surface area (Å²) in [6, 6.07) is 18.0. The molecular weight excluding hydrogens is 400 g/mol. The first-order chi connectivity index (χ1) is 12.1. The number of hydrogen-bond donors (Lipinski definition) is 1. The lowest BCUT2D eigenvalue weighted by molar-refractivity contribution is 0.102. The van der Waals surface area contributed by atoms with E-state index in [-0.39, 0.29) is 5.91 Å². The standard InChI is InChI=1S/C20H12BrClN2O/c21-15-8-10-19(22)18(13-15)20(25)24-17-6-3-4-14(12-17)7-9-16-5-1-2-11-23-16/h1-6,8,10-13H,(H,24,25). The first kappa shape index (κ1) is 17.2. The summed E-state index contributed by atoms with van der Waals surface area (Å²) in [6.07, 6.45) is 1.70. The van der Waals surface area contributed by atoms with E-state index in [1.165, 1.54) is 0 Å². The Morgan fingerprint density at radius 3 is 2.72 bits per heavy atom. The van der Waals surface area contributed by atoms with Gasteiger partial charge in [-0.1, -0.05) is 45.6 Å². The van der Waals surface area contributed by atoms with Gasteiger partial charge in [-0.2, -0.15) is 0 Å². The van der Waals surface area contributed by atoms with Crippen molar-refractivity contribution in [2.75, 3.05) is 5.32 Å². The Hall–Kier alpha value is -2.61. The van der Waals surface area contributed by atoms with Crippen LogP contribution in [-0.4, -0.2) is 10.9 Å². The predicted molar refractivity (Wildman–Crippen MR) is 104 cm³/mol. The number of hydrogen-bond acceptors (Lipinski definition) is 2. The van der Waals surface area contributed by atoms with E-state index in [1.54, 1.807) is 36.5 Å². The van der Waals surface area contributed by atoms with Crippen LogP contribution in [0.2, 0.25) is 5.02 Å². The van der Waals surface area contributed by atoms with Crippen molar-refractivity contribution in [1.29, 1.82) is 0 Å². The number of benzene rings is 2. The maximum Gasteiger partial charge on any atom is 0.257 e. The molecule has 1 aromatic heterocycles. The van der Waals surface area contributed by atoms with Gasteiger partial charge >= 0.3 is 0 Å². The van der Waals surface area contributed by atoms with E-state index in [2.05, 4.69) is 38.1 Å². The van der Waals surface area contributed by atoms with Crippen molar-refractivity contribution in [3.63, 3.8) is 0 Å². The third-order valence-electron chi connectivity index (χ3n) is 3.29. The van der Waals surface area contributed by atoms with Gasteiger partial charge in [0, 0.05) is 21.9 Å². The zero-order chi connectivity index (χ0) is 17.6. The second-order valence-electron chi connectivity index (χ2n) is 5.12. The van der Waals surface area contributed by atoms with Crippen LogP contribution in [0.1, 0.15) is 21.6 Å². The average Bonchev–Trinajstić information content (AvgIpc) is 2.63. The van der Waals surface area contributed by atoms with Crippen LogP contribution in [0.3, 0.4) is 0 Å². The minimum atomic E-state index is -0.277. The molecule has 0 unspecified atom stereocenters. The van der Waals surface area contributed by atoms with Gasteiger partial charge in [-0.3, -0.25) is 4.79 Å². The van der Waals surface area contributed by atoms with Gasteiger partial charge in [0.15, 0.2) is 0 Å². The van der Waals surface area contributed by atoms with Crippen LogP contribution < -0.4 is 5.32 Å². The molecule has 0 fully saturated rings. The number of carbonyl (C=O) groups is 1. The molecule has 25 heavy (non-hydrogen) atoms. The Bertz CT molecular complexity index is 978. The highest BCUT2D eigenvalue weighted by Gasteiger charge is 2.11. The highest BCUT2D eigenvalue weighted by Crippen LogP contribution is 2.22. The molecule has 1 heterocycles. The molecule has 0 saturated carbocycles. The Morgan fingerprint density at radius 2 is 1.92 bits per heavy atom. The van der Waals surface area contributed by atoms with Crippen molar-refractivity contribution >= 4 is 39.1 Å². The molecule has 1 amide bonds. The van der Waals surface area contributed by atoms with Crippen LogP contribution in [-0.2, 0) is 0 Å². The number of nitrogens with one attached hydrogen (secondary N) is 1. The van der Waals surface area contributed by atoms with E-state index in [4.69, 9.17) is 11.6 Å². The fourth-order valence-electron chi connectivity index (χ4n) is 2.12. The lowest BCUT2D eigenvalue weighted by Crippen LogP contribution is -2.12. The third-order valence-corrected chi connectivity index (χ3v) is 4.12. The smallest absolute Gasteiger partial charge is 0.257 e. The van der Waals surface area contributed by atoms with E-state index in [0.717, 1.165) is 10.0 Å². The number of carbonyl (C=O) groups excluding carboxylic acids is 1. The molecule has 0 atom stereocenters. The Morgan fingerprint density at radius 1 is 1.04 bits per heavy atom. The fraction of sp³-hybridized carbons (Fsp3) is 0. The van der Waals surface area contributed by atoms with Gasteiger partial charge in [0.25, 0.3) is 5.91 Å². The third kappa shape index (κ3) is 4.69. The Kier molecular flexibility index (Phi) is 5.49. The van der Waals surface area contributed by atoms with E-state index in [0.29, 0.717) is 22.0 Å². The summed E-state index contributed by atoms with van der Waals surface area (Å²) in [5.74, 6) is 5.75. The number of anilines is 1. The zero-order valence-corrected chi connectivity index (χ0v) is 15.3. The molecule has 0 aliphatic heterocycles. The normalized spacial score (nSPS) is 9.84. The van der Waals surface area contributed by atoms with Crippen LogP contribution in [0.15, 0.2) is 71.3 Å². The quantitative estimate of drug-likeness (QED) is 0.593. The molecule has 3 rings (SSSR count). The lowest BCUT2D eigenvalue weighted by Gasteiger charge is -2.07. The van der Waals surface area contributed by atoms with Gasteiger partial charge in [0.1, 0.15) is 5.69 Å². The van der Waals surface area contributed by atoms with E-state index in [1.807, 2.05) is 30.3 Å². The van der Waals surface area contributed by atoms with Gasteiger partial charge in [-0.25, -0.2) is 4.98 Å². The van der Waals surface area contributed by atoms with Crippen molar-refractivity contribution in [1.82, 2.24) is 4.98 Å². The van der Waals surface area contributed by atoms with Crippen LogP contribution in [0, 0.1) is 11.8 Å². The second-order valence-corrected chi connectivity index (χ2v) is 6.45. The largest absolute Gasteiger partial charge is 0.322 e. The summed E-state index contributed by atoms with van der Waals surface area (Å²) in [5.41, 5.74) is 2.52. The van der Waals surface area contributed by atoms with E-state index < -0.39 is 0 Å². The van der Waals surface area contributed by atoms with Gasteiger partial charge < -0.3 is 5.32 Å². The SMILES string of the molecule is O=C(Nc1cccc(C#Cc2ccccn2)c1)c1cc(Br)ccc1Cl. The monoisotopic (exact) mass is 410 g/mol. The van der Waals surface area contributed by atoms with Gasteiger partial charge in [-0.15, -0.1) is 0 Å². The Labute approximate surface area is 159 Å². The van der Waals surface area contributed by atoms with Gasteiger partial charge in [0.05, 0.1) is 10.6 Å². The maximum absolute atomic E-state index is 12.4. The molecule has 0 spiro atoms. The van der Waals surface area contributed by atoms with Crippen LogP contribution >= 0.6 is 27.5 Å². The zero-order valence-electron chi connectivity index (χ0n) is 13.0. The number of amides is 1. The van der Waals surface area contributed by atoms with E-state index in [9.17, 15) is 4.79 Å². The Balaban J connectivity index is 1.79. The minimum absolute atomic E-state index is 0.277. The second kappa shape index (κ2) is 7.98. The van der Waals surface area contributed by atoms with Crippen LogP contribution in [0.25, 0.3) is 0 Å². The number of pyridine rings is 1. The van der Waals surface area contributed by atoms with Crippen molar-refractivity contribution in [2.45, 2.75) is 0 Å². The molecule has 3 aromatic rings. The molecule has 0 bridgehead atoms. The molecule has 1 N–H and O–H groups in total. The number of nitrogens with zero attached hydrogens (tertiary/aromatic N) is 1. The molecule has 0 aliphatic carbocycles. The van der Waals surface area contributed by atoms with Gasteiger partial charge in [0.2, 0.25) is 0 Å². The molecule has 122 valence electrons.